The first-order valence-electron chi connectivity index (χ1n) is 8.09. The van der Waals surface area contributed by atoms with Crippen LogP contribution in [0.15, 0.2) is 41.4 Å². The number of nitrogens with one attached hydrogen (secondary N) is 2. The molecule has 0 aliphatic carbocycles. The van der Waals surface area contributed by atoms with E-state index >= 15 is 0 Å². The lowest BCUT2D eigenvalue weighted by atomic mass is 10.3. The summed E-state index contributed by atoms with van der Waals surface area (Å²) in [5, 5.41) is 7.93. The van der Waals surface area contributed by atoms with E-state index in [1.807, 2.05) is 24.5 Å². The van der Waals surface area contributed by atoms with Gasteiger partial charge in [-0.25, -0.2) is 4.98 Å². The van der Waals surface area contributed by atoms with E-state index in [9.17, 15) is 0 Å². The molecule has 2 aromatic heterocycles. The molecule has 0 amide bonds. The minimum absolute atomic E-state index is 0. The van der Waals surface area contributed by atoms with Crippen LogP contribution in [0.5, 0.6) is 0 Å². The third kappa shape index (κ3) is 5.93. The summed E-state index contributed by atoms with van der Waals surface area (Å²) in [6.45, 7) is 3.83. The van der Waals surface area contributed by atoms with Gasteiger partial charge >= 0.3 is 0 Å². The number of aliphatic imine (C=N–C) groups is 1. The number of halogens is 1. The highest BCUT2D eigenvalue weighted by molar-refractivity contribution is 14.0. The van der Waals surface area contributed by atoms with Crippen LogP contribution in [0.4, 0.5) is 0 Å². The Balaban J connectivity index is 0.00000225. The number of benzene rings is 1. The Morgan fingerprint density at radius 1 is 1.12 bits per heavy atom. The number of aryl methyl sites for hydroxylation is 2. The van der Waals surface area contributed by atoms with E-state index in [1.165, 1.54) is 19.5 Å². The normalized spacial score (nSPS) is 11.4. The molecule has 3 rings (SSSR count). The molecule has 0 aliphatic rings. The van der Waals surface area contributed by atoms with Gasteiger partial charge in [0.25, 0.3) is 0 Å². The quantitative estimate of drug-likeness (QED) is 0.232. The van der Waals surface area contributed by atoms with Crippen molar-refractivity contribution >= 4 is 62.8 Å². The second-order valence-corrected chi connectivity index (χ2v) is 8.03. The molecule has 0 saturated carbocycles. The second kappa shape index (κ2) is 10.1. The van der Waals surface area contributed by atoms with E-state index in [4.69, 9.17) is 0 Å². The molecule has 0 aliphatic heterocycles. The molecule has 1 aromatic carbocycles. The van der Waals surface area contributed by atoms with Gasteiger partial charge < -0.3 is 10.6 Å². The van der Waals surface area contributed by atoms with Crippen LogP contribution in [0, 0.1) is 6.92 Å². The van der Waals surface area contributed by atoms with Crippen LogP contribution in [0.1, 0.15) is 21.2 Å². The fourth-order valence-corrected chi connectivity index (χ4v) is 4.28. The molecule has 4 nitrogen and oxygen atoms in total. The number of rotatable bonds is 6. The maximum absolute atomic E-state index is 4.67. The molecule has 25 heavy (non-hydrogen) atoms. The van der Waals surface area contributed by atoms with Gasteiger partial charge in [-0.05, 0) is 37.6 Å². The third-order valence-corrected chi connectivity index (χ3v) is 5.74. The zero-order valence-corrected chi connectivity index (χ0v) is 18.4. The van der Waals surface area contributed by atoms with Crippen LogP contribution < -0.4 is 10.6 Å². The van der Waals surface area contributed by atoms with E-state index < -0.39 is 0 Å². The molecule has 0 atom stereocenters. The minimum Gasteiger partial charge on any atom is -0.356 e. The lowest BCUT2D eigenvalue weighted by molar-refractivity contribution is 0.742. The van der Waals surface area contributed by atoms with Crippen molar-refractivity contribution in [3.63, 3.8) is 0 Å². The van der Waals surface area contributed by atoms with Gasteiger partial charge in [0.2, 0.25) is 0 Å². The molecule has 2 N–H and O–H groups in total. The van der Waals surface area contributed by atoms with Crippen LogP contribution in [0.25, 0.3) is 10.2 Å². The van der Waals surface area contributed by atoms with Crippen molar-refractivity contribution in [3.8, 4) is 0 Å². The molecule has 2 heterocycles. The molecule has 0 saturated heterocycles. The predicted octanol–water partition coefficient (Wildman–Crippen LogP) is 4.58. The Hall–Kier alpha value is -1.19. The Morgan fingerprint density at radius 3 is 2.68 bits per heavy atom. The predicted molar refractivity (Wildman–Crippen MR) is 121 cm³/mol. The van der Waals surface area contributed by atoms with Crippen LogP contribution in [-0.4, -0.2) is 24.5 Å². The Morgan fingerprint density at radius 2 is 1.96 bits per heavy atom. The summed E-state index contributed by atoms with van der Waals surface area (Å²) in [6.07, 6.45) is 2.03. The zero-order chi connectivity index (χ0) is 16.8. The summed E-state index contributed by atoms with van der Waals surface area (Å²) in [6, 6.07) is 12.6. The summed E-state index contributed by atoms with van der Waals surface area (Å²) >= 11 is 3.60. The van der Waals surface area contributed by atoms with Gasteiger partial charge in [0.1, 0.15) is 0 Å². The lowest BCUT2D eigenvalue weighted by Gasteiger charge is -2.10. The first kappa shape index (κ1) is 20.1. The van der Waals surface area contributed by atoms with E-state index in [1.54, 1.807) is 11.3 Å². The maximum atomic E-state index is 4.67. The Kier molecular flexibility index (Phi) is 8.11. The first-order valence-corrected chi connectivity index (χ1v) is 9.72. The molecule has 7 heteroatoms. The minimum atomic E-state index is 0. The highest BCUT2D eigenvalue weighted by Crippen LogP contribution is 2.22. The molecule has 0 bridgehead atoms. The monoisotopic (exact) mass is 486 g/mol. The molecule has 0 unspecified atom stereocenters. The molecular formula is C18H23IN4S2. The van der Waals surface area contributed by atoms with Crippen molar-refractivity contribution in [3.05, 3.63) is 51.2 Å². The van der Waals surface area contributed by atoms with Gasteiger partial charge in [0.15, 0.2) is 5.96 Å². The van der Waals surface area contributed by atoms with Crippen LogP contribution in [0.3, 0.4) is 0 Å². The number of guanidine groups is 1. The average molecular weight is 486 g/mol. The number of aromatic nitrogens is 1. The number of para-hydroxylation sites is 1. The number of nitrogens with zero attached hydrogens (tertiary/aromatic N) is 2. The van der Waals surface area contributed by atoms with Gasteiger partial charge in [-0.1, -0.05) is 12.1 Å². The van der Waals surface area contributed by atoms with Crippen LogP contribution >= 0.6 is 46.7 Å². The van der Waals surface area contributed by atoms with Crippen molar-refractivity contribution in [2.24, 2.45) is 4.99 Å². The summed E-state index contributed by atoms with van der Waals surface area (Å²) in [5.41, 5.74) is 1.11. The molecular weight excluding hydrogens is 463 g/mol. The van der Waals surface area contributed by atoms with Crippen LogP contribution in [0.2, 0.25) is 0 Å². The highest BCUT2D eigenvalue weighted by Gasteiger charge is 2.04. The largest absolute Gasteiger partial charge is 0.356 e. The summed E-state index contributed by atoms with van der Waals surface area (Å²) in [7, 11) is 1.81. The maximum Gasteiger partial charge on any atom is 0.191 e. The number of hydrogen-bond acceptors (Lipinski definition) is 4. The molecule has 3 aromatic rings. The SMILES string of the molecule is CN=C(NCCCc1nc2ccccc2s1)NCc1ccc(C)s1.I. The number of thiophene rings is 1. The van der Waals surface area contributed by atoms with Gasteiger partial charge in [-0.2, -0.15) is 0 Å². The van der Waals surface area contributed by atoms with Gasteiger partial charge in [0.05, 0.1) is 21.8 Å². The molecule has 0 radical (unpaired) electrons. The van der Waals surface area contributed by atoms with Gasteiger partial charge in [-0.15, -0.1) is 46.7 Å². The van der Waals surface area contributed by atoms with Crippen molar-refractivity contribution in [2.45, 2.75) is 26.3 Å². The van der Waals surface area contributed by atoms with E-state index in [-0.39, 0.29) is 24.0 Å². The standard InChI is InChI=1S/C18H22N4S2.HI/c1-13-9-10-14(23-13)12-21-18(19-2)20-11-5-8-17-22-15-6-3-4-7-16(15)24-17;/h3-4,6-7,9-10H,5,8,11-12H2,1-2H3,(H2,19,20,21);1H. The Labute approximate surface area is 173 Å². The van der Waals surface area contributed by atoms with Crippen molar-refractivity contribution in [1.82, 2.24) is 15.6 Å². The summed E-state index contributed by atoms with van der Waals surface area (Å²) in [4.78, 5) is 11.6. The van der Waals surface area contributed by atoms with Crippen molar-refractivity contribution in [2.75, 3.05) is 13.6 Å². The van der Waals surface area contributed by atoms with E-state index in [2.05, 4.69) is 57.9 Å². The number of hydrogen-bond donors (Lipinski definition) is 2. The highest BCUT2D eigenvalue weighted by atomic mass is 127. The van der Waals surface area contributed by atoms with Crippen LogP contribution in [-0.2, 0) is 13.0 Å². The van der Waals surface area contributed by atoms with Crippen molar-refractivity contribution in [1.29, 1.82) is 0 Å². The van der Waals surface area contributed by atoms with E-state index in [0.29, 0.717) is 0 Å². The average Bonchev–Trinajstić information content (AvgIpc) is 3.19. The van der Waals surface area contributed by atoms with Gasteiger partial charge in [-0.3, -0.25) is 4.99 Å². The molecule has 0 fully saturated rings. The smallest absolute Gasteiger partial charge is 0.191 e. The first-order chi connectivity index (χ1) is 11.7. The molecule has 134 valence electrons. The third-order valence-electron chi connectivity index (χ3n) is 3.65. The molecule has 0 spiro atoms. The van der Waals surface area contributed by atoms with Crippen molar-refractivity contribution < 1.29 is 0 Å². The second-order valence-electron chi connectivity index (χ2n) is 5.54. The zero-order valence-electron chi connectivity index (χ0n) is 14.4. The fraction of sp³-hybridized carbons (Fsp3) is 0.333. The van der Waals surface area contributed by atoms with Gasteiger partial charge in [0, 0.05) is 29.8 Å². The summed E-state index contributed by atoms with van der Waals surface area (Å²) < 4.78 is 1.27. The topological polar surface area (TPSA) is 49.3 Å². The number of fused-ring (bicyclic) bond motifs is 1. The summed E-state index contributed by atoms with van der Waals surface area (Å²) in [5.74, 6) is 0.852. The number of thiazole rings is 1. The lowest BCUT2D eigenvalue weighted by Crippen LogP contribution is -2.37. The van der Waals surface area contributed by atoms with E-state index in [0.717, 1.165) is 37.4 Å². The fourth-order valence-electron chi connectivity index (χ4n) is 2.44. The Bertz CT molecular complexity index is 792.